The Balaban J connectivity index is 2.23. The van der Waals surface area contributed by atoms with Crippen molar-refractivity contribution in [2.45, 2.75) is 33.3 Å². The van der Waals surface area contributed by atoms with Gasteiger partial charge < -0.3 is 10.0 Å². The van der Waals surface area contributed by atoms with Crippen molar-refractivity contribution in [3.8, 4) is 0 Å². The zero-order valence-corrected chi connectivity index (χ0v) is 10.7. The van der Waals surface area contributed by atoms with Crippen LogP contribution in [0.15, 0.2) is 18.2 Å². The van der Waals surface area contributed by atoms with Crippen molar-refractivity contribution in [2.75, 3.05) is 18.0 Å². The fraction of sp³-hybridized carbons (Fsp3) is 0.571. The van der Waals surface area contributed by atoms with E-state index in [0.717, 1.165) is 19.5 Å². The summed E-state index contributed by atoms with van der Waals surface area (Å²) >= 11 is 0. The molecule has 1 aliphatic heterocycles. The number of hydrogen-bond donors (Lipinski definition) is 1. The molecule has 94 valence electrons. The van der Waals surface area contributed by atoms with Crippen molar-refractivity contribution in [3.05, 3.63) is 29.6 Å². The third-order valence-electron chi connectivity index (χ3n) is 3.47. The average Bonchev–Trinajstić information content (AvgIpc) is 2.58. The molecule has 0 bridgehead atoms. The molecule has 1 saturated heterocycles. The number of aliphatic hydroxyl groups excluding tert-OH is 1. The van der Waals surface area contributed by atoms with Gasteiger partial charge in [0.15, 0.2) is 0 Å². The lowest BCUT2D eigenvalue weighted by Gasteiger charge is -2.22. The van der Waals surface area contributed by atoms with E-state index in [-0.39, 0.29) is 11.2 Å². The van der Waals surface area contributed by atoms with Crippen molar-refractivity contribution in [3.63, 3.8) is 0 Å². The first-order chi connectivity index (χ1) is 7.89. The van der Waals surface area contributed by atoms with Gasteiger partial charge in [-0.2, -0.15) is 0 Å². The summed E-state index contributed by atoms with van der Waals surface area (Å²) in [5.74, 6) is -0.235. The fourth-order valence-electron chi connectivity index (χ4n) is 2.36. The number of rotatable bonds is 2. The predicted octanol–water partition coefficient (Wildman–Crippen LogP) is 3.12. The third-order valence-corrected chi connectivity index (χ3v) is 3.47. The molecule has 0 radical (unpaired) electrons. The van der Waals surface area contributed by atoms with Crippen LogP contribution in [0.25, 0.3) is 0 Å². The Bertz CT molecular complexity index is 415. The van der Waals surface area contributed by atoms with E-state index in [2.05, 4.69) is 18.7 Å². The summed E-state index contributed by atoms with van der Waals surface area (Å²) < 4.78 is 14.0. The van der Waals surface area contributed by atoms with Crippen LogP contribution >= 0.6 is 0 Å². The molecule has 0 amide bonds. The van der Waals surface area contributed by atoms with Gasteiger partial charge in [0.2, 0.25) is 0 Å². The monoisotopic (exact) mass is 237 g/mol. The zero-order chi connectivity index (χ0) is 12.6. The Morgan fingerprint density at radius 3 is 2.59 bits per heavy atom. The van der Waals surface area contributed by atoms with Crippen molar-refractivity contribution in [1.82, 2.24) is 0 Å². The Morgan fingerprint density at radius 1 is 1.41 bits per heavy atom. The molecule has 1 unspecified atom stereocenters. The van der Waals surface area contributed by atoms with E-state index in [4.69, 9.17) is 0 Å². The highest BCUT2D eigenvalue weighted by atomic mass is 19.1. The van der Waals surface area contributed by atoms with E-state index in [1.165, 1.54) is 6.07 Å². The summed E-state index contributed by atoms with van der Waals surface area (Å²) in [6.07, 6.45) is 0.471. The Labute approximate surface area is 102 Å². The lowest BCUT2D eigenvalue weighted by atomic mass is 9.93. The maximum Gasteiger partial charge on any atom is 0.146 e. The second-order valence-corrected chi connectivity index (χ2v) is 5.72. The van der Waals surface area contributed by atoms with Crippen LogP contribution in [-0.4, -0.2) is 18.2 Å². The molecule has 0 spiro atoms. The molecule has 1 aromatic carbocycles. The van der Waals surface area contributed by atoms with Gasteiger partial charge in [-0.1, -0.05) is 19.9 Å². The van der Waals surface area contributed by atoms with Crippen molar-refractivity contribution < 1.29 is 9.50 Å². The SMILES string of the molecule is CC(O)c1ccc(N2CCC(C)(C)C2)c(F)c1. The highest BCUT2D eigenvalue weighted by Crippen LogP contribution is 2.34. The van der Waals surface area contributed by atoms with Crippen LogP contribution in [0, 0.1) is 11.2 Å². The van der Waals surface area contributed by atoms with E-state index in [9.17, 15) is 9.50 Å². The first-order valence-electron chi connectivity index (χ1n) is 6.11. The number of halogens is 1. The summed E-state index contributed by atoms with van der Waals surface area (Å²) in [7, 11) is 0. The lowest BCUT2D eigenvalue weighted by Crippen LogP contribution is -2.23. The van der Waals surface area contributed by atoms with Crippen LogP contribution in [0.4, 0.5) is 10.1 Å². The smallest absolute Gasteiger partial charge is 0.146 e. The van der Waals surface area contributed by atoms with Crippen LogP contribution in [0.2, 0.25) is 0 Å². The lowest BCUT2D eigenvalue weighted by molar-refractivity contribution is 0.199. The molecule has 1 heterocycles. The van der Waals surface area contributed by atoms with Crippen LogP contribution in [0.3, 0.4) is 0 Å². The summed E-state index contributed by atoms with van der Waals surface area (Å²) in [4.78, 5) is 2.08. The van der Waals surface area contributed by atoms with Gasteiger partial charge in [-0.15, -0.1) is 0 Å². The Hall–Kier alpha value is -1.09. The topological polar surface area (TPSA) is 23.5 Å². The number of benzene rings is 1. The van der Waals surface area contributed by atoms with Gasteiger partial charge in [0, 0.05) is 13.1 Å². The number of anilines is 1. The molecule has 2 nitrogen and oxygen atoms in total. The molecule has 2 rings (SSSR count). The first-order valence-corrected chi connectivity index (χ1v) is 6.11. The van der Waals surface area contributed by atoms with Crippen LogP contribution in [0.5, 0.6) is 0 Å². The largest absolute Gasteiger partial charge is 0.389 e. The molecule has 1 N–H and O–H groups in total. The normalized spacial score (nSPS) is 20.6. The quantitative estimate of drug-likeness (QED) is 0.854. The third kappa shape index (κ3) is 2.60. The molecule has 1 aliphatic rings. The standard InChI is InChI=1S/C14H20FNO/c1-10(17)11-4-5-13(12(15)8-11)16-7-6-14(2,3)9-16/h4-5,8,10,17H,6-7,9H2,1-3H3. The van der Waals surface area contributed by atoms with Crippen LogP contribution in [0.1, 0.15) is 38.9 Å². The fourth-order valence-corrected chi connectivity index (χ4v) is 2.36. The van der Waals surface area contributed by atoms with Crippen LogP contribution in [-0.2, 0) is 0 Å². The van der Waals surface area contributed by atoms with E-state index in [1.807, 2.05) is 0 Å². The van der Waals surface area contributed by atoms with Gasteiger partial charge in [-0.3, -0.25) is 0 Å². The minimum Gasteiger partial charge on any atom is -0.389 e. The summed E-state index contributed by atoms with van der Waals surface area (Å²) in [5, 5.41) is 9.41. The molecule has 1 fully saturated rings. The highest BCUT2D eigenvalue weighted by Gasteiger charge is 2.30. The maximum absolute atomic E-state index is 14.0. The van der Waals surface area contributed by atoms with Gasteiger partial charge >= 0.3 is 0 Å². The van der Waals surface area contributed by atoms with Crippen LogP contribution < -0.4 is 4.90 Å². The Morgan fingerprint density at radius 2 is 2.12 bits per heavy atom. The number of hydrogen-bond acceptors (Lipinski definition) is 2. The maximum atomic E-state index is 14.0. The minimum atomic E-state index is -0.617. The van der Waals surface area contributed by atoms with Crippen molar-refractivity contribution in [2.24, 2.45) is 5.41 Å². The molecule has 1 atom stereocenters. The van der Waals surface area contributed by atoms with Gasteiger partial charge in [0.1, 0.15) is 5.82 Å². The highest BCUT2D eigenvalue weighted by molar-refractivity contribution is 5.50. The van der Waals surface area contributed by atoms with E-state index < -0.39 is 6.10 Å². The molecule has 1 aromatic rings. The molecule has 17 heavy (non-hydrogen) atoms. The van der Waals surface area contributed by atoms with Gasteiger partial charge in [-0.25, -0.2) is 4.39 Å². The zero-order valence-electron chi connectivity index (χ0n) is 10.7. The molecule has 0 saturated carbocycles. The van der Waals surface area contributed by atoms with Gasteiger partial charge in [-0.05, 0) is 36.5 Å². The predicted molar refractivity (Wildman–Crippen MR) is 67.6 cm³/mol. The van der Waals surface area contributed by atoms with Gasteiger partial charge in [0.25, 0.3) is 0 Å². The van der Waals surface area contributed by atoms with E-state index in [0.29, 0.717) is 11.3 Å². The van der Waals surface area contributed by atoms with Gasteiger partial charge in [0.05, 0.1) is 11.8 Å². The van der Waals surface area contributed by atoms with E-state index in [1.54, 1.807) is 19.1 Å². The summed E-state index contributed by atoms with van der Waals surface area (Å²) in [6.45, 7) is 7.84. The number of aliphatic hydroxyl groups is 1. The Kier molecular flexibility index (Phi) is 3.13. The van der Waals surface area contributed by atoms with Crippen molar-refractivity contribution >= 4 is 5.69 Å². The summed E-state index contributed by atoms with van der Waals surface area (Å²) in [6, 6.07) is 5.01. The number of nitrogens with zero attached hydrogens (tertiary/aromatic N) is 1. The van der Waals surface area contributed by atoms with E-state index >= 15 is 0 Å². The molecular weight excluding hydrogens is 217 g/mol. The molecular formula is C14H20FNO. The second-order valence-electron chi connectivity index (χ2n) is 5.72. The first kappa shape index (κ1) is 12.4. The molecule has 0 aliphatic carbocycles. The molecule has 3 heteroatoms. The molecule has 0 aromatic heterocycles. The average molecular weight is 237 g/mol. The summed E-state index contributed by atoms with van der Waals surface area (Å²) in [5.41, 5.74) is 1.54. The van der Waals surface area contributed by atoms with Crippen molar-refractivity contribution in [1.29, 1.82) is 0 Å². The second kappa shape index (κ2) is 4.30. The minimum absolute atomic E-state index is 0.235.